The Hall–Kier alpha value is -2.78. The zero-order valence-electron chi connectivity index (χ0n) is 11.4. The van der Waals surface area contributed by atoms with Crippen molar-refractivity contribution >= 4 is 6.09 Å². The summed E-state index contributed by atoms with van der Waals surface area (Å²) in [5.74, 6) is 0.213. The highest BCUT2D eigenvalue weighted by molar-refractivity contribution is 5.64. The third-order valence-electron chi connectivity index (χ3n) is 2.43. The molecular formula is C12H12F2N4O4. The number of primary amides is 1. The maximum Gasteiger partial charge on any atom is 0.405 e. The van der Waals surface area contributed by atoms with Gasteiger partial charge < -0.3 is 19.7 Å². The van der Waals surface area contributed by atoms with Crippen LogP contribution in [0.3, 0.4) is 0 Å². The van der Waals surface area contributed by atoms with Gasteiger partial charge in [-0.3, -0.25) is 0 Å². The van der Waals surface area contributed by atoms with Gasteiger partial charge >= 0.3 is 6.09 Å². The van der Waals surface area contributed by atoms with Gasteiger partial charge in [-0.1, -0.05) is 5.16 Å². The van der Waals surface area contributed by atoms with Crippen LogP contribution in [-0.4, -0.2) is 34.3 Å². The number of aromatic nitrogens is 3. The molecule has 0 bridgehead atoms. The highest BCUT2D eigenvalue weighted by Crippen LogP contribution is 2.22. The van der Waals surface area contributed by atoms with Gasteiger partial charge in [-0.2, -0.15) is 4.98 Å². The third-order valence-corrected chi connectivity index (χ3v) is 2.43. The zero-order valence-corrected chi connectivity index (χ0v) is 11.4. The third kappa shape index (κ3) is 4.11. The van der Waals surface area contributed by atoms with Crippen molar-refractivity contribution in [3.8, 4) is 17.3 Å². The number of rotatable bonds is 6. The van der Waals surface area contributed by atoms with E-state index < -0.39 is 25.2 Å². The summed E-state index contributed by atoms with van der Waals surface area (Å²) in [5, 5.41) is 3.70. The van der Waals surface area contributed by atoms with Gasteiger partial charge in [0.1, 0.15) is 0 Å². The van der Waals surface area contributed by atoms with Crippen molar-refractivity contribution < 1.29 is 27.6 Å². The molecule has 2 aromatic rings. The van der Waals surface area contributed by atoms with Crippen LogP contribution in [0.25, 0.3) is 11.4 Å². The van der Waals surface area contributed by atoms with Crippen molar-refractivity contribution in [3.05, 3.63) is 24.2 Å². The Morgan fingerprint density at radius 1 is 1.50 bits per heavy atom. The first kappa shape index (κ1) is 15.6. The summed E-state index contributed by atoms with van der Waals surface area (Å²) in [7, 11) is 0. The number of hydrogen-bond acceptors (Lipinski definition) is 7. The van der Waals surface area contributed by atoms with Crippen molar-refractivity contribution in [1.82, 2.24) is 15.1 Å². The predicted octanol–water partition coefficient (Wildman–Crippen LogP) is 1.93. The molecule has 0 aliphatic heterocycles. The van der Waals surface area contributed by atoms with Gasteiger partial charge in [-0.05, 0) is 13.0 Å². The molecule has 0 aliphatic carbocycles. The van der Waals surface area contributed by atoms with Crippen LogP contribution in [0.5, 0.6) is 5.88 Å². The molecule has 0 fully saturated rings. The van der Waals surface area contributed by atoms with E-state index in [2.05, 4.69) is 15.1 Å². The van der Waals surface area contributed by atoms with Gasteiger partial charge in [0.25, 0.3) is 12.3 Å². The fraction of sp³-hybridized carbons (Fsp3) is 0.333. The second kappa shape index (κ2) is 6.78. The molecule has 118 valence electrons. The first-order chi connectivity index (χ1) is 10.5. The van der Waals surface area contributed by atoms with Crippen molar-refractivity contribution in [2.45, 2.75) is 19.5 Å². The Bertz CT molecular complexity index is 650. The van der Waals surface area contributed by atoms with Crippen LogP contribution < -0.4 is 10.5 Å². The van der Waals surface area contributed by atoms with Crippen LogP contribution in [0, 0.1) is 0 Å². The lowest BCUT2D eigenvalue weighted by Gasteiger charge is -2.05. The number of pyridine rings is 1. The molecule has 2 aromatic heterocycles. The first-order valence-electron chi connectivity index (χ1n) is 6.12. The molecular weight excluding hydrogens is 302 g/mol. The van der Waals surface area contributed by atoms with Crippen LogP contribution >= 0.6 is 0 Å². The normalized spacial score (nSPS) is 12.2. The average molecular weight is 314 g/mol. The van der Waals surface area contributed by atoms with Crippen LogP contribution in [0.4, 0.5) is 13.6 Å². The Morgan fingerprint density at radius 3 is 2.95 bits per heavy atom. The van der Waals surface area contributed by atoms with E-state index in [1.807, 2.05) is 0 Å². The molecule has 0 aromatic carbocycles. The van der Waals surface area contributed by atoms with Crippen molar-refractivity contribution in [2.24, 2.45) is 5.73 Å². The molecule has 0 unspecified atom stereocenters. The summed E-state index contributed by atoms with van der Waals surface area (Å²) >= 11 is 0. The van der Waals surface area contributed by atoms with Crippen LogP contribution in [0.2, 0.25) is 0 Å². The van der Waals surface area contributed by atoms with Gasteiger partial charge in [0.2, 0.25) is 11.7 Å². The molecule has 2 N–H and O–H groups in total. The quantitative estimate of drug-likeness (QED) is 0.866. The van der Waals surface area contributed by atoms with Gasteiger partial charge in [-0.15, -0.1) is 0 Å². The van der Waals surface area contributed by atoms with Crippen LogP contribution in [0.15, 0.2) is 22.9 Å². The second-order valence-corrected chi connectivity index (χ2v) is 4.12. The number of hydrogen-bond donors (Lipinski definition) is 1. The van der Waals surface area contributed by atoms with Gasteiger partial charge in [0.05, 0.1) is 0 Å². The van der Waals surface area contributed by atoms with E-state index in [1.54, 1.807) is 6.07 Å². The van der Waals surface area contributed by atoms with Gasteiger partial charge in [0.15, 0.2) is 12.7 Å². The van der Waals surface area contributed by atoms with Crippen LogP contribution in [0.1, 0.15) is 18.9 Å². The SMILES string of the molecule is C[C@H](OC(N)=O)c1nc(-c2ccnc(OCC(F)F)c2)no1. The maximum atomic E-state index is 12.1. The number of carbonyl (C=O) groups excluding carboxylic acids is 1. The Balaban J connectivity index is 2.13. The lowest BCUT2D eigenvalue weighted by Crippen LogP contribution is -2.15. The highest BCUT2D eigenvalue weighted by Gasteiger charge is 2.18. The number of ether oxygens (including phenoxy) is 2. The molecule has 2 rings (SSSR count). The Morgan fingerprint density at radius 2 is 2.27 bits per heavy atom. The lowest BCUT2D eigenvalue weighted by atomic mass is 10.2. The molecule has 0 radical (unpaired) electrons. The second-order valence-electron chi connectivity index (χ2n) is 4.12. The van der Waals surface area contributed by atoms with Gasteiger partial charge in [0, 0.05) is 17.8 Å². The minimum absolute atomic E-state index is 0.00517. The molecule has 0 saturated heterocycles. The van der Waals surface area contributed by atoms with Crippen molar-refractivity contribution in [1.29, 1.82) is 0 Å². The van der Waals surface area contributed by atoms with E-state index in [-0.39, 0.29) is 17.6 Å². The number of amides is 1. The summed E-state index contributed by atoms with van der Waals surface area (Å²) in [4.78, 5) is 18.5. The molecule has 0 aliphatic rings. The summed E-state index contributed by atoms with van der Waals surface area (Å²) in [6.07, 6.45) is -3.03. The topological polar surface area (TPSA) is 113 Å². The summed E-state index contributed by atoms with van der Waals surface area (Å²) in [5.41, 5.74) is 5.33. The van der Waals surface area contributed by atoms with Gasteiger partial charge in [-0.25, -0.2) is 18.6 Å². The van der Waals surface area contributed by atoms with E-state index in [1.165, 1.54) is 19.2 Å². The van der Waals surface area contributed by atoms with E-state index in [0.717, 1.165) is 0 Å². The maximum absolute atomic E-state index is 12.1. The van der Waals surface area contributed by atoms with E-state index >= 15 is 0 Å². The Kier molecular flexibility index (Phi) is 4.81. The highest BCUT2D eigenvalue weighted by atomic mass is 19.3. The minimum atomic E-state index is -2.60. The summed E-state index contributed by atoms with van der Waals surface area (Å²) in [6, 6.07) is 2.93. The zero-order chi connectivity index (χ0) is 16.1. The predicted molar refractivity (Wildman–Crippen MR) is 68.1 cm³/mol. The van der Waals surface area contributed by atoms with E-state index in [4.69, 9.17) is 19.7 Å². The standard InChI is InChI=1S/C12H12F2N4O4/c1-6(21-12(15)19)11-17-10(18-22-11)7-2-3-16-9(4-7)20-5-8(13)14/h2-4,6,8H,5H2,1H3,(H2,15,19)/t6-/m0/s1. The molecule has 1 amide bonds. The number of alkyl halides is 2. The monoisotopic (exact) mass is 314 g/mol. The summed E-state index contributed by atoms with van der Waals surface area (Å²) < 4.78 is 38.6. The number of nitrogens with zero attached hydrogens (tertiary/aromatic N) is 3. The van der Waals surface area contributed by atoms with Crippen molar-refractivity contribution in [3.63, 3.8) is 0 Å². The van der Waals surface area contributed by atoms with E-state index in [9.17, 15) is 13.6 Å². The fourth-order valence-corrected chi connectivity index (χ4v) is 1.52. The Labute approximate surface area is 123 Å². The largest absolute Gasteiger partial charge is 0.472 e. The molecule has 8 nitrogen and oxygen atoms in total. The lowest BCUT2D eigenvalue weighted by molar-refractivity contribution is 0.0796. The minimum Gasteiger partial charge on any atom is -0.472 e. The average Bonchev–Trinajstić information content (AvgIpc) is 2.94. The smallest absolute Gasteiger partial charge is 0.405 e. The van der Waals surface area contributed by atoms with E-state index in [0.29, 0.717) is 5.56 Å². The number of halogens is 2. The summed E-state index contributed by atoms with van der Waals surface area (Å²) in [6.45, 7) is 0.739. The molecule has 0 saturated carbocycles. The van der Waals surface area contributed by atoms with Crippen LogP contribution in [-0.2, 0) is 4.74 Å². The molecule has 2 heterocycles. The molecule has 10 heteroatoms. The first-order valence-corrected chi connectivity index (χ1v) is 6.12. The number of carbonyl (C=O) groups is 1. The molecule has 22 heavy (non-hydrogen) atoms. The van der Waals surface area contributed by atoms with Crippen molar-refractivity contribution in [2.75, 3.05) is 6.61 Å². The molecule has 1 atom stereocenters. The number of nitrogens with two attached hydrogens (primary N) is 1. The molecule has 0 spiro atoms. The fourth-order valence-electron chi connectivity index (χ4n) is 1.52.